The van der Waals surface area contributed by atoms with Crippen LogP contribution in [-0.2, 0) is 9.59 Å². The van der Waals surface area contributed by atoms with Gasteiger partial charge < -0.3 is 15.1 Å². The number of likely N-dealkylation sites (tertiary alicyclic amines) is 1. The molecule has 3 amide bonds. The lowest BCUT2D eigenvalue weighted by Gasteiger charge is -2.34. The molecule has 1 heterocycles. The number of likely N-dealkylation sites (N-methyl/N-ethyl adjacent to an activating group) is 1. The van der Waals surface area contributed by atoms with Gasteiger partial charge in [0, 0.05) is 31.1 Å². The summed E-state index contributed by atoms with van der Waals surface area (Å²) in [5, 5.41) is 3.30. The number of nitrogens with one attached hydrogen (secondary N) is 1. The van der Waals surface area contributed by atoms with E-state index in [1.54, 1.807) is 30.0 Å². The van der Waals surface area contributed by atoms with Gasteiger partial charge in [0.1, 0.15) is 5.82 Å². The molecular weight excluding hydrogens is 456 g/mol. The fraction of sp³-hybridized carbons (Fsp3) is 0.348. The summed E-state index contributed by atoms with van der Waals surface area (Å²) in [5.41, 5.74) is 0.734. The predicted octanol–water partition coefficient (Wildman–Crippen LogP) is 4.47. The minimum absolute atomic E-state index is 0.119. The third-order valence-corrected chi connectivity index (χ3v) is 6.11. The van der Waals surface area contributed by atoms with Gasteiger partial charge in [0.15, 0.2) is 0 Å². The van der Waals surface area contributed by atoms with Crippen LogP contribution in [0.1, 0.15) is 30.1 Å². The topological polar surface area (TPSA) is 69.7 Å². The molecule has 0 bridgehead atoms. The summed E-state index contributed by atoms with van der Waals surface area (Å²) in [4.78, 5) is 41.2. The third-order valence-electron chi connectivity index (χ3n) is 5.48. The molecule has 3 rings (SSSR count). The number of rotatable bonds is 6. The molecule has 170 valence electrons. The van der Waals surface area contributed by atoms with Gasteiger partial charge in [0.25, 0.3) is 5.91 Å². The van der Waals surface area contributed by atoms with E-state index in [1.165, 1.54) is 29.2 Å². The van der Waals surface area contributed by atoms with Crippen LogP contribution in [0.5, 0.6) is 0 Å². The molecule has 1 fully saturated rings. The number of para-hydroxylation sites is 1. The van der Waals surface area contributed by atoms with Crippen molar-refractivity contribution >= 4 is 46.6 Å². The zero-order chi connectivity index (χ0) is 23.3. The molecule has 6 nitrogen and oxygen atoms in total. The van der Waals surface area contributed by atoms with Gasteiger partial charge in [0.2, 0.25) is 11.8 Å². The van der Waals surface area contributed by atoms with Crippen LogP contribution in [0.4, 0.5) is 10.1 Å². The molecule has 0 unspecified atom stereocenters. The average molecular weight is 480 g/mol. The Morgan fingerprint density at radius 3 is 2.22 bits per heavy atom. The smallest absolute Gasteiger partial charge is 0.253 e. The van der Waals surface area contributed by atoms with Crippen molar-refractivity contribution in [3.05, 3.63) is 63.9 Å². The summed E-state index contributed by atoms with van der Waals surface area (Å²) in [6.07, 6.45) is 1.00. The Morgan fingerprint density at radius 1 is 1.06 bits per heavy atom. The maximum atomic E-state index is 13.1. The summed E-state index contributed by atoms with van der Waals surface area (Å²) >= 11 is 12.2. The zero-order valence-corrected chi connectivity index (χ0v) is 19.1. The van der Waals surface area contributed by atoms with Crippen molar-refractivity contribution in [3.63, 3.8) is 0 Å². The number of amides is 3. The minimum Gasteiger partial charge on any atom is -0.339 e. The molecule has 2 aromatic carbocycles. The van der Waals surface area contributed by atoms with E-state index in [1.807, 2.05) is 0 Å². The largest absolute Gasteiger partial charge is 0.339 e. The normalized spacial score (nSPS) is 14.2. The molecule has 0 atom stereocenters. The fourth-order valence-corrected chi connectivity index (χ4v) is 4.17. The van der Waals surface area contributed by atoms with Gasteiger partial charge >= 0.3 is 0 Å². The highest BCUT2D eigenvalue weighted by atomic mass is 35.5. The Bertz CT molecular complexity index is 972. The molecule has 1 saturated heterocycles. The molecule has 9 heteroatoms. The van der Waals surface area contributed by atoms with E-state index < -0.39 is 5.82 Å². The minimum atomic E-state index is -0.397. The number of benzene rings is 2. The number of piperidine rings is 1. The summed E-state index contributed by atoms with van der Waals surface area (Å²) in [7, 11) is 0. The Kier molecular flexibility index (Phi) is 8.10. The highest BCUT2D eigenvalue weighted by Gasteiger charge is 2.31. The van der Waals surface area contributed by atoms with Crippen molar-refractivity contribution in [2.75, 3.05) is 31.5 Å². The maximum absolute atomic E-state index is 13.1. The summed E-state index contributed by atoms with van der Waals surface area (Å²) in [6, 6.07) is 10.3. The molecule has 0 aliphatic carbocycles. The van der Waals surface area contributed by atoms with Gasteiger partial charge in [-0.3, -0.25) is 14.4 Å². The molecule has 1 aliphatic rings. The van der Waals surface area contributed by atoms with E-state index >= 15 is 0 Å². The molecule has 0 spiro atoms. The fourth-order valence-electron chi connectivity index (χ4n) is 3.68. The van der Waals surface area contributed by atoms with Crippen molar-refractivity contribution in [2.45, 2.75) is 19.8 Å². The number of hydrogen-bond acceptors (Lipinski definition) is 3. The Hall–Kier alpha value is -2.64. The van der Waals surface area contributed by atoms with E-state index in [4.69, 9.17) is 23.2 Å². The molecule has 0 radical (unpaired) electrons. The number of halogens is 3. The molecule has 32 heavy (non-hydrogen) atoms. The standard InChI is InChI=1S/C23H24Cl2FN3O3/c1-2-28(14-20(30)27-21-18(24)4-3-5-19(21)25)22(31)16-10-12-29(13-11-16)23(32)15-6-8-17(26)9-7-15/h3-9,16H,2,10-14H2,1H3,(H,27,30). The Morgan fingerprint density at radius 2 is 1.66 bits per heavy atom. The molecule has 1 N–H and O–H groups in total. The van der Waals surface area contributed by atoms with Crippen molar-refractivity contribution < 1.29 is 18.8 Å². The van der Waals surface area contributed by atoms with E-state index in [-0.39, 0.29) is 30.2 Å². The van der Waals surface area contributed by atoms with Crippen LogP contribution in [0.25, 0.3) is 0 Å². The van der Waals surface area contributed by atoms with Crippen LogP contribution in [0.3, 0.4) is 0 Å². The quantitative estimate of drug-likeness (QED) is 0.664. The predicted molar refractivity (Wildman–Crippen MR) is 122 cm³/mol. The van der Waals surface area contributed by atoms with E-state index in [9.17, 15) is 18.8 Å². The average Bonchev–Trinajstić information content (AvgIpc) is 2.79. The monoisotopic (exact) mass is 479 g/mol. The lowest BCUT2D eigenvalue weighted by atomic mass is 9.94. The number of nitrogens with zero attached hydrogens (tertiary/aromatic N) is 2. The maximum Gasteiger partial charge on any atom is 0.253 e. The SMILES string of the molecule is CCN(CC(=O)Nc1c(Cl)cccc1Cl)C(=O)C1CCN(C(=O)c2ccc(F)cc2)CC1. The second-order valence-electron chi connectivity index (χ2n) is 7.57. The van der Waals surface area contributed by atoms with Crippen LogP contribution in [-0.4, -0.2) is 53.7 Å². The Balaban J connectivity index is 1.55. The first-order valence-corrected chi connectivity index (χ1v) is 11.1. The van der Waals surface area contributed by atoms with Crippen LogP contribution < -0.4 is 5.32 Å². The van der Waals surface area contributed by atoms with Crippen LogP contribution in [0.2, 0.25) is 10.0 Å². The van der Waals surface area contributed by atoms with Gasteiger partial charge in [-0.1, -0.05) is 29.3 Å². The number of carbonyl (C=O) groups is 3. The molecule has 1 aliphatic heterocycles. The summed E-state index contributed by atoms with van der Waals surface area (Å²) < 4.78 is 13.1. The first-order chi connectivity index (χ1) is 15.3. The first kappa shape index (κ1) is 24.0. The van der Waals surface area contributed by atoms with Crippen LogP contribution in [0.15, 0.2) is 42.5 Å². The van der Waals surface area contributed by atoms with Crippen molar-refractivity contribution in [1.82, 2.24) is 9.80 Å². The van der Waals surface area contributed by atoms with E-state index in [2.05, 4.69) is 5.32 Å². The molecule has 2 aromatic rings. The number of carbonyl (C=O) groups excluding carboxylic acids is 3. The van der Waals surface area contributed by atoms with Crippen molar-refractivity contribution in [2.24, 2.45) is 5.92 Å². The van der Waals surface area contributed by atoms with Crippen molar-refractivity contribution in [3.8, 4) is 0 Å². The summed E-state index contributed by atoms with van der Waals surface area (Å²) in [5.74, 6) is -1.37. The number of anilines is 1. The van der Waals surface area contributed by atoms with Gasteiger partial charge in [-0.2, -0.15) is 0 Å². The first-order valence-electron chi connectivity index (χ1n) is 10.4. The van der Waals surface area contributed by atoms with E-state index in [0.717, 1.165) is 0 Å². The van der Waals surface area contributed by atoms with Gasteiger partial charge in [-0.15, -0.1) is 0 Å². The number of hydrogen-bond donors (Lipinski definition) is 1. The molecule has 0 aromatic heterocycles. The lowest BCUT2D eigenvalue weighted by Crippen LogP contribution is -2.46. The second kappa shape index (κ2) is 10.8. The van der Waals surface area contributed by atoms with Crippen LogP contribution in [0, 0.1) is 11.7 Å². The van der Waals surface area contributed by atoms with Gasteiger partial charge in [0.05, 0.1) is 22.3 Å². The lowest BCUT2D eigenvalue weighted by molar-refractivity contribution is -0.139. The Labute approximate surface area is 196 Å². The summed E-state index contributed by atoms with van der Waals surface area (Å²) in [6.45, 7) is 2.90. The zero-order valence-electron chi connectivity index (χ0n) is 17.6. The highest BCUT2D eigenvalue weighted by molar-refractivity contribution is 6.39. The molecule has 0 saturated carbocycles. The second-order valence-corrected chi connectivity index (χ2v) is 8.39. The van der Waals surface area contributed by atoms with Gasteiger partial charge in [-0.25, -0.2) is 4.39 Å². The third kappa shape index (κ3) is 5.78. The van der Waals surface area contributed by atoms with Crippen molar-refractivity contribution in [1.29, 1.82) is 0 Å². The highest BCUT2D eigenvalue weighted by Crippen LogP contribution is 2.29. The molecular formula is C23H24Cl2FN3O3. The van der Waals surface area contributed by atoms with Crippen LogP contribution >= 0.6 is 23.2 Å². The van der Waals surface area contributed by atoms with Gasteiger partial charge in [-0.05, 0) is 56.2 Å². The van der Waals surface area contributed by atoms with E-state index in [0.29, 0.717) is 53.8 Å².